The zero-order valence-electron chi connectivity index (χ0n) is 18.0. The van der Waals surface area contributed by atoms with Crippen molar-refractivity contribution in [3.8, 4) is 11.5 Å². The highest BCUT2D eigenvalue weighted by Crippen LogP contribution is 2.33. The summed E-state index contributed by atoms with van der Waals surface area (Å²) in [5.74, 6) is 0.356. The van der Waals surface area contributed by atoms with E-state index in [1.807, 2.05) is 19.1 Å². The van der Waals surface area contributed by atoms with Gasteiger partial charge in [0.2, 0.25) is 0 Å². The highest BCUT2D eigenvalue weighted by Gasteiger charge is 2.25. The zero-order valence-corrected chi connectivity index (χ0v) is 18.0. The predicted octanol–water partition coefficient (Wildman–Crippen LogP) is 4.49. The number of aromatic nitrogens is 1. The van der Waals surface area contributed by atoms with Crippen molar-refractivity contribution < 1.29 is 19.1 Å². The van der Waals surface area contributed by atoms with Gasteiger partial charge in [0.05, 0.1) is 31.0 Å². The number of fused-ring (bicyclic) bond motifs is 1. The van der Waals surface area contributed by atoms with Crippen molar-refractivity contribution in [2.24, 2.45) is 0 Å². The van der Waals surface area contributed by atoms with Gasteiger partial charge in [-0.3, -0.25) is 14.2 Å². The van der Waals surface area contributed by atoms with Gasteiger partial charge in [0.15, 0.2) is 0 Å². The Bertz CT molecular complexity index is 1320. The van der Waals surface area contributed by atoms with E-state index in [0.717, 1.165) is 5.56 Å². The lowest BCUT2D eigenvalue weighted by Crippen LogP contribution is -2.18. The fraction of sp³-hybridized carbons (Fsp3) is 0.120. The monoisotopic (exact) mass is 429 g/mol. The highest BCUT2D eigenvalue weighted by atomic mass is 16.5. The number of nitrogen functional groups attached to an aromatic ring is 1. The maximum atomic E-state index is 13.3. The molecule has 0 bridgehead atoms. The second-order valence-electron chi connectivity index (χ2n) is 7.30. The smallest absolute Gasteiger partial charge is 0.263 e. The van der Waals surface area contributed by atoms with Crippen LogP contribution in [0, 0.1) is 6.92 Å². The average molecular weight is 429 g/mol. The van der Waals surface area contributed by atoms with E-state index >= 15 is 0 Å². The summed E-state index contributed by atoms with van der Waals surface area (Å²) in [7, 11) is 3.05. The summed E-state index contributed by atoms with van der Waals surface area (Å²) in [5, 5.41) is 3.42. The standard InChI is InChI=1S/C25H23N3O4/c1-15-8-10-16(11-9-15)25(30)28-20-7-5-4-6-18(20)22(23(28)26)24(29)27-19-13-12-17(31-2)14-21(19)32-3/h4-14H,26H2,1-3H3,(H,27,29). The number of nitrogens with two attached hydrogens (primary N) is 1. The minimum atomic E-state index is -0.447. The number of carbonyl (C=O) groups is 2. The van der Waals surface area contributed by atoms with Crippen LogP contribution >= 0.6 is 0 Å². The van der Waals surface area contributed by atoms with E-state index in [-0.39, 0.29) is 17.3 Å². The van der Waals surface area contributed by atoms with Crippen molar-refractivity contribution in [1.29, 1.82) is 0 Å². The second-order valence-corrected chi connectivity index (χ2v) is 7.30. The molecule has 4 aromatic rings. The molecule has 0 atom stereocenters. The summed E-state index contributed by atoms with van der Waals surface area (Å²) in [4.78, 5) is 26.6. The van der Waals surface area contributed by atoms with E-state index in [2.05, 4.69) is 5.32 Å². The van der Waals surface area contributed by atoms with E-state index in [1.165, 1.54) is 11.7 Å². The van der Waals surface area contributed by atoms with Crippen molar-refractivity contribution >= 4 is 34.2 Å². The lowest BCUT2D eigenvalue weighted by atomic mass is 10.1. The summed E-state index contributed by atoms with van der Waals surface area (Å²) in [6.07, 6.45) is 0. The molecule has 7 nitrogen and oxygen atoms in total. The van der Waals surface area contributed by atoms with Crippen LogP contribution in [-0.4, -0.2) is 30.6 Å². The number of ether oxygens (including phenoxy) is 2. The molecule has 0 saturated carbocycles. The van der Waals surface area contributed by atoms with Crippen LogP contribution in [0.2, 0.25) is 0 Å². The first-order valence-electron chi connectivity index (χ1n) is 9.98. The normalized spacial score (nSPS) is 10.7. The van der Waals surface area contributed by atoms with E-state index in [4.69, 9.17) is 15.2 Å². The van der Waals surface area contributed by atoms with Crippen LogP contribution in [0.15, 0.2) is 66.7 Å². The molecule has 0 unspecified atom stereocenters. The van der Waals surface area contributed by atoms with Gasteiger partial charge in [-0.15, -0.1) is 0 Å². The number of hydrogen-bond acceptors (Lipinski definition) is 5. The topological polar surface area (TPSA) is 95.6 Å². The largest absolute Gasteiger partial charge is 0.497 e. The summed E-state index contributed by atoms with van der Waals surface area (Å²) >= 11 is 0. The van der Waals surface area contributed by atoms with E-state index in [9.17, 15) is 9.59 Å². The molecule has 0 spiro atoms. The van der Waals surface area contributed by atoms with Crippen LogP contribution in [0.1, 0.15) is 26.3 Å². The zero-order chi connectivity index (χ0) is 22.8. The van der Waals surface area contributed by atoms with Crippen LogP contribution in [-0.2, 0) is 0 Å². The second kappa shape index (κ2) is 8.47. The maximum Gasteiger partial charge on any atom is 0.263 e. The number of benzene rings is 3. The minimum absolute atomic E-state index is 0.0711. The Morgan fingerprint density at radius 1 is 0.938 bits per heavy atom. The molecule has 162 valence electrons. The SMILES string of the molecule is COc1ccc(NC(=O)c2c(N)n(C(=O)c3ccc(C)cc3)c3ccccc23)c(OC)c1. The third-order valence-electron chi connectivity index (χ3n) is 5.30. The number of nitrogens with zero attached hydrogens (tertiary/aromatic N) is 1. The number of anilines is 2. The third-order valence-corrected chi connectivity index (χ3v) is 5.30. The number of amides is 1. The van der Waals surface area contributed by atoms with Crippen LogP contribution in [0.5, 0.6) is 11.5 Å². The molecular weight excluding hydrogens is 406 g/mol. The van der Waals surface area contributed by atoms with Crippen molar-refractivity contribution in [1.82, 2.24) is 4.57 Å². The summed E-state index contributed by atoms with van der Waals surface area (Å²) in [6, 6.07) is 19.4. The van der Waals surface area contributed by atoms with Crippen LogP contribution in [0.3, 0.4) is 0 Å². The molecule has 4 rings (SSSR count). The lowest BCUT2D eigenvalue weighted by Gasteiger charge is -2.12. The predicted molar refractivity (Wildman–Crippen MR) is 125 cm³/mol. The van der Waals surface area contributed by atoms with E-state index in [0.29, 0.717) is 33.7 Å². The van der Waals surface area contributed by atoms with Gasteiger partial charge in [0.1, 0.15) is 17.3 Å². The number of methoxy groups -OCH3 is 2. The highest BCUT2D eigenvalue weighted by molar-refractivity contribution is 6.20. The summed E-state index contributed by atoms with van der Waals surface area (Å²) < 4.78 is 11.9. The van der Waals surface area contributed by atoms with Crippen LogP contribution < -0.4 is 20.5 Å². The van der Waals surface area contributed by atoms with Gasteiger partial charge in [-0.25, -0.2) is 0 Å². The van der Waals surface area contributed by atoms with Gasteiger partial charge in [-0.2, -0.15) is 0 Å². The minimum Gasteiger partial charge on any atom is -0.497 e. The fourth-order valence-electron chi connectivity index (χ4n) is 3.63. The van der Waals surface area contributed by atoms with E-state index < -0.39 is 5.91 Å². The Morgan fingerprint density at radius 3 is 2.34 bits per heavy atom. The van der Waals surface area contributed by atoms with Gasteiger partial charge >= 0.3 is 0 Å². The molecule has 32 heavy (non-hydrogen) atoms. The molecule has 0 aliphatic carbocycles. The Labute approximate surface area is 185 Å². The summed E-state index contributed by atoms with van der Waals surface area (Å²) in [5.41, 5.74) is 9.14. The van der Waals surface area contributed by atoms with Crippen LogP contribution in [0.25, 0.3) is 10.9 Å². The Kier molecular flexibility index (Phi) is 5.55. The molecule has 7 heteroatoms. The summed E-state index contributed by atoms with van der Waals surface area (Å²) in [6.45, 7) is 1.95. The molecule has 0 radical (unpaired) electrons. The third kappa shape index (κ3) is 3.65. The van der Waals surface area contributed by atoms with Crippen molar-refractivity contribution in [2.45, 2.75) is 6.92 Å². The quantitative estimate of drug-likeness (QED) is 0.487. The molecule has 1 aromatic heterocycles. The first-order chi connectivity index (χ1) is 15.4. The van der Waals surface area contributed by atoms with Crippen LogP contribution in [0.4, 0.5) is 11.5 Å². The van der Waals surface area contributed by atoms with Gasteiger partial charge in [0, 0.05) is 17.0 Å². The number of nitrogens with one attached hydrogen (secondary N) is 1. The maximum absolute atomic E-state index is 13.3. The lowest BCUT2D eigenvalue weighted by molar-refractivity contribution is 0.0967. The molecule has 3 N–H and O–H groups in total. The molecule has 0 saturated heterocycles. The molecular formula is C25H23N3O4. The molecule has 0 aliphatic heterocycles. The van der Waals surface area contributed by atoms with Crippen molar-refractivity contribution in [3.05, 3.63) is 83.4 Å². The first-order valence-corrected chi connectivity index (χ1v) is 9.98. The van der Waals surface area contributed by atoms with Crippen molar-refractivity contribution in [2.75, 3.05) is 25.3 Å². The van der Waals surface area contributed by atoms with Gasteiger partial charge in [0.25, 0.3) is 11.8 Å². The average Bonchev–Trinajstić information content (AvgIpc) is 3.11. The Balaban J connectivity index is 1.79. The first kappa shape index (κ1) is 21.0. The number of rotatable bonds is 5. The van der Waals surface area contributed by atoms with Crippen molar-refractivity contribution in [3.63, 3.8) is 0 Å². The number of carbonyl (C=O) groups excluding carboxylic acids is 2. The molecule has 1 amide bonds. The number of hydrogen-bond donors (Lipinski definition) is 2. The Hall–Kier alpha value is -4.26. The number of aryl methyl sites for hydroxylation is 1. The van der Waals surface area contributed by atoms with E-state index in [1.54, 1.807) is 61.7 Å². The number of para-hydroxylation sites is 1. The molecule has 0 fully saturated rings. The molecule has 3 aromatic carbocycles. The van der Waals surface area contributed by atoms with Gasteiger partial charge in [-0.1, -0.05) is 35.9 Å². The Morgan fingerprint density at radius 2 is 1.66 bits per heavy atom. The molecule has 0 aliphatic rings. The van der Waals surface area contributed by atoms with Gasteiger partial charge < -0.3 is 20.5 Å². The van der Waals surface area contributed by atoms with Gasteiger partial charge in [-0.05, 0) is 37.3 Å². The fourth-order valence-corrected chi connectivity index (χ4v) is 3.63. The molecule has 1 heterocycles.